The van der Waals surface area contributed by atoms with Crippen molar-refractivity contribution in [2.24, 2.45) is 5.73 Å². The minimum absolute atomic E-state index is 0.394. The van der Waals surface area contributed by atoms with Gasteiger partial charge in [-0.1, -0.05) is 12.2 Å². The molecule has 1 heterocycles. The molecule has 0 aromatic carbocycles. The van der Waals surface area contributed by atoms with E-state index in [2.05, 4.69) is 10.3 Å². The molecule has 5 nitrogen and oxygen atoms in total. The molecule has 0 atom stereocenters. The smallest absolute Gasteiger partial charge is 0.126 e. The highest BCUT2D eigenvalue weighted by Gasteiger charge is 2.02. The Morgan fingerprint density at radius 1 is 1.30 bits per heavy atom. The van der Waals surface area contributed by atoms with Crippen molar-refractivity contribution in [2.45, 2.75) is 19.8 Å². The van der Waals surface area contributed by atoms with Crippen molar-refractivity contribution in [3.05, 3.63) is 23.4 Å². The molecular weight excluding hydrogens is 274 g/mol. The van der Waals surface area contributed by atoms with Crippen LogP contribution in [0, 0.1) is 6.92 Å². The number of nitrogens with two attached hydrogens (primary N) is 1. The van der Waals surface area contributed by atoms with Crippen LogP contribution in [0.1, 0.15) is 24.1 Å². The van der Waals surface area contributed by atoms with E-state index in [4.69, 9.17) is 27.4 Å². The van der Waals surface area contributed by atoms with E-state index in [1.165, 1.54) is 0 Å². The first kappa shape index (κ1) is 16.8. The van der Waals surface area contributed by atoms with E-state index in [1.54, 1.807) is 7.11 Å². The van der Waals surface area contributed by atoms with Crippen LogP contribution >= 0.6 is 12.2 Å². The van der Waals surface area contributed by atoms with Gasteiger partial charge < -0.3 is 20.5 Å². The molecule has 0 aliphatic carbocycles. The SMILES string of the molecule is COCCOCCCCNc1cc(C(N)=S)cc(C)n1. The van der Waals surface area contributed by atoms with E-state index >= 15 is 0 Å². The van der Waals surface area contributed by atoms with Crippen LogP contribution in [0.2, 0.25) is 0 Å². The second-order valence-corrected chi connectivity index (χ2v) is 4.93. The van der Waals surface area contributed by atoms with Gasteiger partial charge in [-0.05, 0) is 31.9 Å². The summed E-state index contributed by atoms with van der Waals surface area (Å²) in [6.07, 6.45) is 2.02. The lowest BCUT2D eigenvalue weighted by Gasteiger charge is -2.09. The Morgan fingerprint density at radius 2 is 2.10 bits per heavy atom. The molecular formula is C14H23N3O2S. The average molecular weight is 297 g/mol. The number of rotatable bonds is 10. The lowest BCUT2D eigenvalue weighted by molar-refractivity contribution is 0.0691. The monoisotopic (exact) mass is 297 g/mol. The van der Waals surface area contributed by atoms with E-state index < -0.39 is 0 Å². The lowest BCUT2D eigenvalue weighted by Crippen LogP contribution is -2.12. The third-order valence-electron chi connectivity index (χ3n) is 2.69. The third kappa shape index (κ3) is 6.79. The normalized spacial score (nSPS) is 10.5. The molecule has 0 unspecified atom stereocenters. The van der Waals surface area contributed by atoms with Gasteiger partial charge in [-0.15, -0.1) is 0 Å². The molecule has 0 bridgehead atoms. The Bertz CT molecular complexity index is 427. The molecule has 0 radical (unpaired) electrons. The third-order valence-corrected chi connectivity index (χ3v) is 2.93. The number of nitrogens with zero attached hydrogens (tertiary/aromatic N) is 1. The van der Waals surface area contributed by atoms with Crippen LogP contribution in [0.4, 0.5) is 5.82 Å². The summed E-state index contributed by atoms with van der Waals surface area (Å²) in [6, 6.07) is 3.77. The van der Waals surface area contributed by atoms with E-state index in [1.807, 2.05) is 19.1 Å². The Morgan fingerprint density at radius 3 is 2.80 bits per heavy atom. The van der Waals surface area contributed by atoms with E-state index in [0.717, 1.165) is 43.1 Å². The zero-order valence-corrected chi connectivity index (χ0v) is 13.0. The van der Waals surface area contributed by atoms with Gasteiger partial charge in [-0.3, -0.25) is 0 Å². The first-order chi connectivity index (χ1) is 9.63. The Labute approximate surface area is 125 Å². The fourth-order valence-corrected chi connectivity index (χ4v) is 1.81. The summed E-state index contributed by atoms with van der Waals surface area (Å²) in [5, 5.41) is 3.28. The molecule has 6 heteroatoms. The summed E-state index contributed by atoms with van der Waals surface area (Å²) in [7, 11) is 1.67. The van der Waals surface area contributed by atoms with Gasteiger partial charge in [0.1, 0.15) is 10.8 Å². The van der Waals surface area contributed by atoms with E-state index in [0.29, 0.717) is 18.2 Å². The predicted octanol–water partition coefficient (Wildman–Crippen LogP) is 1.88. The summed E-state index contributed by atoms with van der Waals surface area (Å²) < 4.78 is 10.3. The van der Waals surface area contributed by atoms with Crippen molar-refractivity contribution in [2.75, 3.05) is 38.8 Å². The largest absolute Gasteiger partial charge is 0.389 e. The molecule has 0 amide bonds. The van der Waals surface area contributed by atoms with Gasteiger partial charge in [0.25, 0.3) is 0 Å². The van der Waals surface area contributed by atoms with Gasteiger partial charge in [-0.2, -0.15) is 0 Å². The standard InChI is InChI=1S/C14H23N3O2S/c1-11-9-12(14(15)20)10-13(17-11)16-5-3-4-6-19-8-7-18-2/h9-10H,3-8H2,1-2H3,(H2,15,20)(H,16,17). The fraction of sp³-hybridized carbons (Fsp3) is 0.571. The second kappa shape index (κ2) is 9.63. The van der Waals surface area contributed by atoms with Crippen molar-refractivity contribution in [1.82, 2.24) is 4.98 Å². The van der Waals surface area contributed by atoms with Gasteiger partial charge >= 0.3 is 0 Å². The van der Waals surface area contributed by atoms with Gasteiger partial charge in [-0.25, -0.2) is 4.98 Å². The number of methoxy groups -OCH3 is 1. The number of unbranched alkanes of at least 4 members (excludes halogenated alkanes) is 1. The summed E-state index contributed by atoms with van der Waals surface area (Å²) in [5.74, 6) is 0.813. The van der Waals surface area contributed by atoms with E-state index in [9.17, 15) is 0 Å². The van der Waals surface area contributed by atoms with Crippen LogP contribution in [-0.4, -0.2) is 43.4 Å². The maximum absolute atomic E-state index is 5.63. The minimum Gasteiger partial charge on any atom is -0.389 e. The molecule has 0 saturated carbocycles. The molecule has 1 aromatic heterocycles. The molecule has 0 saturated heterocycles. The van der Waals surface area contributed by atoms with Crippen molar-refractivity contribution in [3.63, 3.8) is 0 Å². The number of anilines is 1. The first-order valence-electron chi connectivity index (χ1n) is 6.72. The van der Waals surface area contributed by atoms with Crippen LogP contribution in [0.5, 0.6) is 0 Å². The molecule has 0 aliphatic heterocycles. The number of aromatic nitrogens is 1. The summed E-state index contributed by atoms with van der Waals surface area (Å²) in [6.45, 7) is 4.83. The fourth-order valence-electron chi connectivity index (χ4n) is 1.69. The Hall–Kier alpha value is -1.24. The van der Waals surface area contributed by atoms with Gasteiger partial charge in [0.05, 0.1) is 13.2 Å². The highest BCUT2D eigenvalue weighted by Crippen LogP contribution is 2.10. The number of hydrogen-bond acceptors (Lipinski definition) is 5. The molecule has 1 rings (SSSR count). The summed E-state index contributed by atoms with van der Waals surface area (Å²) in [5.41, 5.74) is 7.38. The topological polar surface area (TPSA) is 69.4 Å². The minimum atomic E-state index is 0.394. The number of pyridine rings is 1. The first-order valence-corrected chi connectivity index (χ1v) is 7.13. The van der Waals surface area contributed by atoms with Crippen molar-refractivity contribution < 1.29 is 9.47 Å². The maximum Gasteiger partial charge on any atom is 0.126 e. The van der Waals surface area contributed by atoms with Crippen LogP contribution < -0.4 is 11.1 Å². The molecule has 0 aliphatic rings. The lowest BCUT2D eigenvalue weighted by atomic mass is 10.2. The molecule has 0 fully saturated rings. The summed E-state index contributed by atoms with van der Waals surface area (Å²) in [4.78, 5) is 4.79. The zero-order valence-electron chi connectivity index (χ0n) is 12.1. The van der Waals surface area contributed by atoms with Crippen molar-refractivity contribution >= 4 is 23.0 Å². The Balaban J connectivity index is 2.23. The van der Waals surface area contributed by atoms with E-state index in [-0.39, 0.29) is 0 Å². The van der Waals surface area contributed by atoms with Crippen molar-refractivity contribution in [1.29, 1.82) is 0 Å². The predicted molar refractivity (Wildman–Crippen MR) is 85.3 cm³/mol. The average Bonchev–Trinajstić information content (AvgIpc) is 2.41. The quantitative estimate of drug-likeness (QED) is 0.507. The molecule has 3 N–H and O–H groups in total. The highest BCUT2D eigenvalue weighted by molar-refractivity contribution is 7.80. The summed E-state index contributed by atoms with van der Waals surface area (Å²) >= 11 is 4.98. The van der Waals surface area contributed by atoms with Gasteiger partial charge in [0.15, 0.2) is 0 Å². The number of nitrogens with one attached hydrogen (secondary N) is 1. The molecule has 1 aromatic rings. The number of hydrogen-bond donors (Lipinski definition) is 2. The van der Waals surface area contributed by atoms with Gasteiger partial charge in [0.2, 0.25) is 0 Å². The molecule has 0 spiro atoms. The maximum atomic E-state index is 5.63. The van der Waals surface area contributed by atoms with Crippen LogP contribution in [0.25, 0.3) is 0 Å². The molecule has 112 valence electrons. The molecule has 20 heavy (non-hydrogen) atoms. The van der Waals surface area contributed by atoms with Gasteiger partial charge in [0, 0.05) is 31.5 Å². The number of ether oxygens (including phenoxy) is 2. The van der Waals surface area contributed by atoms with Crippen LogP contribution in [0.15, 0.2) is 12.1 Å². The van der Waals surface area contributed by atoms with Crippen LogP contribution in [-0.2, 0) is 9.47 Å². The number of aryl methyl sites for hydroxylation is 1. The second-order valence-electron chi connectivity index (χ2n) is 4.49. The van der Waals surface area contributed by atoms with Crippen LogP contribution in [0.3, 0.4) is 0 Å². The zero-order chi connectivity index (χ0) is 14.8. The Kier molecular flexibility index (Phi) is 8.10. The van der Waals surface area contributed by atoms with Crippen molar-refractivity contribution in [3.8, 4) is 0 Å². The number of thiocarbonyl (C=S) groups is 1. The highest BCUT2D eigenvalue weighted by atomic mass is 32.1.